The first-order valence-corrected chi connectivity index (χ1v) is 5.07. The van der Waals surface area contributed by atoms with Crippen LogP contribution in [-0.4, -0.2) is 30.1 Å². The van der Waals surface area contributed by atoms with Crippen molar-refractivity contribution in [1.29, 1.82) is 0 Å². The molecule has 0 spiro atoms. The normalized spacial score (nSPS) is 16.5. The van der Waals surface area contributed by atoms with Crippen LogP contribution < -0.4 is 5.73 Å². The summed E-state index contributed by atoms with van der Waals surface area (Å²) in [6.45, 7) is 11.9. The number of nitrogens with zero attached hydrogens (tertiary/aromatic N) is 1. The Balaban J connectivity index is 3.84. The van der Waals surface area contributed by atoms with Crippen LogP contribution in [0.15, 0.2) is 0 Å². The van der Waals surface area contributed by atoms with Crippen molar-refractivity contribution in [3.8, 4) is 0 Å². The van der Waals surface area contributed by atoms with E-state index >= 15 is 0 Å². The Kier molecular flexibility index (Phi) is 5.51. The van der Waals surface area contributed by atoms with Crippen LogP contribution in [0.2, 0.25) is 0 Å². The number of likely N-dealkylation sites (N-methyl/N-ethyl adjacent to an activating group) is 1. The first kappa shape index (κ1) is 11.9. The van der Waals surface area contributed by atoms with Gasteiger partial charge in [-0.3, -0.25) is 0 Å². The largest absolute Gasteiger partial charge is 0.324 e. The smallest absolute Gasteiger partial charge is 0.0254 e. The van der Waals surface area contributed by atoms with Gasteiger partial charge in [-0.2, -0.15) is 0 Å². The molecule has 1 unspecified atom stereocenters. The zero-order valence-corrected chi connectivity index (χ0v) is 9.06. The van der Waals surface area contributed by atoms with Crippen LogP contribution in [0.25, 0.3) is 0 Å². The van der Waals surface area contributed by atoms with Crippen LogP contribution in [-0.2, 0) is 0 Å². The predicted molar refractivity (Wildman–Crippen MR) is 55.3 cm³/mol. The molecule has 0 aromatic carbocycles. The molecule has 1 atom stereocenters. The number of hydrogen-bond donors (Lipinski definition) is 1. The van der Waals surface area contributed by atoms with Crippen molar-refractivity contribution < 1.29 is 0 Å². The molecule has 2 heteroatoms. The fourth-order valence-electron chi connectivity index (χ4n) is 1.61. The molecule has 0 aromatic rings. The average molecular weight is 172 g/mol. The van der Waals surface area contributed by atoms with Gasteiger partial charge in [0.15, 0.2) is 0 Å². The molecule has 0 radical (unpaired) electrons. The van der Waals surface area contributed by atoms with Crippen LogP contribution in [0.3, 0.4) is 0 Å². The van der Waals surface area contributed by atoms with Gasteiger partial charge in [0.05, 0.1) is 0 Å². The molecule has 0 amide bonds. The molecule has 0 saturated heterocycles. The molecule has 12 heavy (non-hydrogen) atoms. The standard InChI is InChI=1S/C10H24N2/c1-5-8-10(4,11)9-12(6-2)7-3/h5-9,11H2,1-4H3. The highest BCUT2D eigenvalue weighted by Crippen LogP contribution is 2.10. The lowest BCUT2D eigenvalue weighted by molar-refractivity contribution is 0.227. The van der Waals surface area contributed by atoms with Gasteiger partial charge < -0.3 is 10.6 Å². The van der Waals surface area contributed by atoms with Gasteiger partial charge in [-0.05, 0) is 26.4 Å². The Labute approximate surface area is 77.1 Å². The molecule has 2 N–H and O–H groups in total. The maximum Gasteiger partial charge on any atom is 0.0254 e. The van der Waals surface area contributed by atoms with E-state index in [1.807, 2.05) is 0 Å². The van der Waals surface area contributed by atoms with Gasteiger partial charge in [-0.1, -0.05) is 27.2 Å². The third-order valence-corrected chi connectivity index (χ3v) is 2.30. The Morgan fingerprint density at radius 1 is 1.17 bits per heavy atom. The Bertz CT molecular complexity index is 106. The van der Waals surface area contributed by atoms with E-state index in [0.29, 0.717) is 0 Å². The molecule has 74 valence electrons. The second-order valence-electron chi connectivity index (χ2n) is 3.87. The Morgan fingerprint density at radius 2 is 1.67 bits per heavy atom. The van der Waals surface area contributed by atoms with Gasteiger partial charge in [-0.25, -0.2) is 0 Å². The molecule has 0 rings (SSSR count). The molecule has 0 aromatic heterocycles. The summed E-state index contributed by atoms with van der Waals surface area (Å²) in [7, 11) is 0. The molecular weight excluding hydrogens is 148 g/mol. The maximum absolute atomic E-state index is 6.14. The van der Waals surface area contributed by atoms with E-state index in [-0.39, 0.29) is 5.54 Å². The van der Waals surface area contributed by atoms with Crippen molar-refractivity contribution in [3.63, 3.8) is 0 Å². The predicted octanol–water partition coefficient (Wildman–Crippen LogP) is 1.85. The molecule has 0 fully saturated rings. The quantitative estimate of drug-likeness (QED) is 0.662. The number of nitrogens with two attached hydrogens (primary N) is 1. The fourth-order valence-corrected chi connectivity index (χ4v) is 1.61. The summed E-state index contributed by atoms with van der Waals surface area (Å²) >= 11 is 0. The van der Waals surface area contributed by atoms with Crippen LogP contribution in [0.5, 0.6) is 0 Å². The summed E-state index contributed by atoms with van der Waals surface area (Å²) in [5, 5.41) is 0. The highest BCUT2D eigenvalue weighted by atomic mass is 15.1. The van der Waals surface area contributed by atoms with Crippen LogP contribution in [0.1, 0.15) is 40.5 Å². The Hall–Kier alpha value is -0.0800. The monoisotopic (exact) mass is 172 g/mol. The number of hydrogen-bond acceptors (Lipinski definition) is 2. The van der Waals surface area contributed by atoms with Crippen LogP contribution >= 0.6 is 0 Å². The third kappa shape index (κ3) is 4.73. The summed E-state index contributed by atoms with van der Waals surface area (Å²) in [6.07, 6.45) is 2.29. The minimum absolute atomic E-state index is 0.000764. The second-order valence-corrected chi connectivity index (χ2v) is 3.87. The van der Waals surface area contributed by atoms with E-state index < -0.39 is 0 Å². The van der Waals surface area contributed by atoms with Crippen molar-refractivity contribution in [2.24, 2.45) is 5.73 Å². The first-order valence-electron chi connectivity index (χ1n) is 5.07. The molecule has 0 aliphatic heterocycles. The highest BCUT2D eigenvalue weighted by Gasteiger charge is 2.19. The van der Waals surface area contributed by atoms with Gasteiger partial charge in [0.2, 0.25) is 0 Å². The fraction of sp³-hybridized carbons (Fsp3) is 1.00. The van der Waals surface area contributed by atoms with Crippen molar-refractivity contribution in [3.05, 3.63) is 0 Å². The number of rotatable bonds is 6. The van der Waals surface area contributed by atoms with Gasteiger partial charge in [-0.15, -0.1) is 0 Å². The highest BCUT2D eigenvalue weighted by molar-refractivity contribution is 4.81. The van der Waals surface area contributed by atoms with Crippen LogP contribution in [0, 0.1) is 0 Å². The minimum atomic E-state index is 0.000764. The molecule has 0 heterocycles. The summed E-state index contributed by atoms with van der Waals surface area (Å²) in [5.74, 6) is 0. The van der Waals surface area contributed by atoms with Crippen molar-refractivity contribution in [1.82, 2.24) is 4.90 Å². The van der Waals surface area contributed by atoms with E-state index in [9.17, 15) is 0 Å². The lowest BCUT2D eigenvalue weighted by atomic mass is 9.97. The summed E-state index contributed by atoms with van der Waals surface area (Å²) in [4.78, 5) is 2.38. The molecule has 2 nitrogen and oxygen atoms in total. The van der Waals surface area contributed by atoms with Gasteiger partial charge in [0, 0.05) is 12.1 Å². The Morgan fingerprint density at radius 3 is 2.00 bits per heavy atom. The molecule has 0 aliphatic rings. The van der Waals surface area contributed by atoms with Crippen molar-refractivity contribution in [2.45, 2.75) is 46.1 Å². The molecule has 0 aliphatic carbocycles. The SMILES string of the molecule is CCCC(C)(N)CN(CC)CC. The van der Waals surface area contributed by atoms with E-state index in [0.717, 1.165) is 26.1 Å². The van der Waals surface area contributed by atoms with E-state index in [1.165, 1.54) is 6.42 Å². The minimum Gasteiger partial charge on any atom is -0.324 e. The third-order valence-electron chi connectivity index (χ3n) is 2.30. The molecule has 0 bridgehead atoms. The van der Waals surface area contributed by atoms with Gasteiger partial charge in [0.1, 0.15) is 0 Å². The first-order chi connectivity index (χ1) is 5.55. The van der Waals surface area contributed by atoms with Crippen molar-refractivity contribution >= 4 is 0 Å². The van der Waals surface area contributed by atoms with E-state index in [2.05, 4.69) is 32.6 Å². The maximum atomic E-state index is 6.14. The zero-order chi connectivity index (χ0) is 9.61. The summed E-state index contributed by atoms with van der Waals surface area (Å²) < 4.78 is 0. The topological polar surface area (TPSA) is 29.3 Å². The van der Waals surface area contributed by atoms with E-state index in [4.69, 9.17) is 5.73 Å². The van der Waals surface area contributed by atoms with Crippen LogP contribution in [0.4, 0.5) is 0 Å². The lowest BCUT2D eigenvalue weighted by Crippen LogP contribution is -2.47. The van der Waals surface area contributed by atoms with E-state index in [1.54, 1.807) is 0 Å². The molecule has 0 saturated carbocycles. The van der Waals surface area contributed by atoms with Crippen molar-refractivity contribution in [2.75, 3.05) is 19.6 Å². The zero-order valence-electron chi connectivity index (χ0n) is 9.06. The summed E-state index contributed by atoms with van der Waals surface area (Å²) in [5.41, 5.74) is 6.14. The molecular formula is C10H24N2. The second kappa shape index (κ2) is 5.55. The summed E-state index contributed by atoms with van der Waals surface area (Å²) in [6, 6.07) is 0. The average Bonchev–Trinajstić information content (AvgIpc) is 2.00. The van der Waals surface area contributed by atoms with Gasteiger partial charge in [0.25, 0.3) is 0 Å². The van der Waals surface area contributed by atoms with Gasteiger partial charge >= 0.3 is 0 Å². The lowest BCUT2D eigenvalue weighted by Gasteiger charge is -2.31.